The molecule has 6 nitrogen and oxygen atoms in total. The Morgan fingerprint density at radius 1 is 0.889 bits per heavy atom. The van der Waals surface area contributed by atoms with Gasteiger partial charge in [-0.3, -0.25) is 14.5 Å². The molecule has 2 aromatic rings. The highest BCUT2D eigenvalue weighted by atomic mass is 16.2. The second kappa shape index (κ2) is 6.54. The van der Waals surface area contributed by atoms with Crippen molar-refractivity contribution in [2.75, 3.05) is 10.6 Å². The summed E-state index contributed by atoms with van der Waals surface area (Å²) in [6.07, 6.45) is 0. The summed E-state index contributed by atoms with van der Waals surface area (Å²) in [5, 5.41) is 5.51. The van der Waals surface area contributed by atoms with Crippen LogP contribution in [0.3, 0.4) is 0 Å². The van der Waals surface area contributed by atoms with Gasteiger partial charge in [0.15, 0.2) is 0 Å². The topological polar surface area (TPSA) is 78.5 Å². The number of aryl methyl sites for hydroxylation is 2. The predicted octanol–water partition coefficient (Wildman–Crippen LogP) is 4.34. The summed E-state index contributed by atoms with van der Waals surface area (Å²) in [6.45, 7) is 9.34. The molecule has 0 saturated carbocycles. The van der Waals surface area contributed by atoms with Gasteiger partial charge in [0, 0.05) is 16.9 Å². The fraction of sp³-hybridized carbons (Fsp3) is 0.286. The highest BCUT2D eigenvalue weighted by molar-refractivity contribution is 6.22. The van der Waals surface area contributed by atoms with Crippen LogP contribution in [0.1, 0.15) is 52.6 Å². The van der Waals surface area contributed by atoms with Crippen molar-refractivity contribution in [1.82, 2.24) is 4.90 Å². The molecule has 2 aromatic carbocycles. The normalized spacial score (nSPS) is 13.6. The van der Waals surface area contributed by atoms with Gasteiger partial charge >= 0.3 is 6.03 Å². The van der Waals surface area contributed by atoms with E-state index in [4.69, 9.17) is 0 Å². The molecule has 6 heteroatoms. The Bertz CT molecular complexity index is 958. The zero-order valence-corrected chi connectivity index (χ0v) is 16.1. The van der Waals surface area contributed by atoms with Crippen LogP contribution in [0.2, 0.25) is 0 Å². The second-order valence-corrected chi connectivity index (χ2v) is 7.77. The van der Waals surface area contributed by atoms with Gasteiger partial charge < -0.3 is 10.6 Å². The van der Waals surface area contributed by atoms with Crippen LogP contribution in [0.4, 0.5) is 16.2 Å². The molecule has 0 unspecified atom stereocenters. The van der Waals surface area contributed by atoms with Crippen LogP contribution in [0.15, 0.2) is 36.4 Å². The van der Waals surface area contributed by atoms with Crippen LogP contribution < -0.4 is 10.6 Å². The first-order valence-corrected chi connectivity index (χ1v) is 8.76. The van der Waals surface area contributed by atoms with Gasteiger partial charge in [0.1, 0.15) is 0 Å². The second-order valence-electron chi connectivity index (χ2n) is 7.77. The molecule has 4 amide bonds. The van der Waals surface area contributed by atoms with E-state index < -0.39 is 11.6 Å². The van der Waals surface area contributed by atoms with Crippen LogP contribution in [0, 0.1) is 13.8 Å². The number of nitrogens with zero attached hydrogens (tertiary/aromatic N) is 1. The van der Waals surface area contributed by atoms with Crippen molar-refractivity contribution < 1.29 is 14.4 Å². The number of benzene rings is 2. The van der Waals surface area contributed by atoms with Crippen LogP contribution in [0.5, 0.6) is 0 Å². The Labute approximate surface area is 158 Å². The molecule has 0 fully saturated rings. The number of imide groups is 1. The van der Waals surface area contributed by atoms with E-state index in [1.54, 1.807) is 18.2 Å². The largest absolute Gasteiger partial charge is 0.323 e. The number of fused-ring (bicyclic) bond motifs is 1. The Kier molecular flexibility index (Phi) is 4.51. The molecule has 2 N–H and O–H groups in total. The minimum Gasteiger partial charge on any atom is -0.308 e. The van der Waals surface area contributed by atoms with E-state index >= 15 is 0 Å². The Morgan fingerprint density at radius 2 is 1.56 bits per heavy atom. The molecule has 1 heterocycles. The summed E-state index contributed by atoms with van der Waals surface area (Å²) >= 11 is 0. The van der Waals surface area contributed by atoms with Crippen molar-refractivity contribution in [2.24, 2.45) is 0 Å². The van der Waals surface area contributed by atoms with Crippen LogP contribution in [-0.2, 0) is 0 Å². The maximum Gasteiger partial charge on any atom is 0.323 e. The minimum atomic E-state index is -0.610. The fourth-order valence-corrected chi connectivity index (χ4v) is 3.17. The molecule has 0 aromatic heterocycles. The molecule has 0 aliphatic carbocycles. The van der Waals surface area contributed by atoms with Crippen molar-refractivity contribution >= 4 is 29.2 Å². The summed E-state index contributed by atoms with van der Waals surface area (Å²) in [5.74, 6) is -0.658. The van der Waals surface area contributed by atoms with Crippen LogP contribution in [0.25, 0.3) is 0 Å². The average Bonchev–Trinajstić information content (AvgIpc) is 2.81. The SMILES string of the molecule is Cc1ccc(NC(=O)Nc2ccc3c(c2)C(=O)N(C(C)(C)C)C3=O)c(C)c1. The monoisotopic (exact) mass is 365 g/mol. The minimum absolute atomic E-state index is 0.305. The zero-order chi connectivity index (χ0) is 19.9. The highest BCUT2D eigenvalue weighted by Gasteiger charge is 2.41. The number of rotatable bonds is 2. The lowest BCUT2D eigenvalue weighted by Gasteiger charge is -2.29. The van der Waals surface area contributed by atoms with E-state index in [9.17, 15) is 14.4 Å². The molecule has 1 aliphatic heterocycles. The van der Waals surface area contributed by atoms with E-state index in [0.717, 1.165) is 11.1 Å². The highest BCUT2D eigenvalue weighted by Crippen LogP contribution is 2.31. The van der Waals surface area contributed by atoms with Crippen LogP contribution >= 0.6 is 0 Å². The number of urea groups is 1. The van der Waals surface area contributed by atoms with E-state index in [1.165, 1.54) is 4.90 Å². The molecule has 3 rings (SSSR count). The van der Waals surface area contributed by atoms with Gasteiger partial charge in [-0.2, -0.15) is 0 Å². The number of anilines is 2. The maximum atomic E-state index is 12.6. The Hall–Kier alpha value is -3.15. The molecule has 0 saturated heterocycles. The summed E-state index contributed by atoms with van der Waals surface area (Å²) in [6, 6.07) is 10.1. The number of amides is 4. The molecule has 1 aliphatic rings. The van der Waals surface area contributed by atoms with Gasteiger partial charge in [0.05, 0.1) is 11.1 Å². The van der Waals surface area contributed by atoms with E-state index in [0.29, 0.717) is 22.5 Å². The number of carbonyl (C=O) groups is 3. The maximum absolute atomic E-state index is 12.6. The fourth-order valence-electron chi connectivity index (χ4n) is 3.17. The van der Waals surface area contributed by atoms with E-state index in [-0.39, 0.29) is 11.8 Å². The standard InChI is InChI=1S/C21H23N3O3/c1-12-6-9-17(13(2)10-12)23-20(27)22-14-7-8-15-16(11-14)19(26)24(18(15)25)21(3,4)5/h6-11H,1-5H3,(H2,22,23,27). The molecule has 140 valence electrons. The lowest BCUT2D eigenvalue weighted by molar-refractivity contribution is 0.0507. The first-order valence-electron chi connectivity index (χ1n) is 8.76. The summed E-state index contributed by atoms with van der Waals surface area (Å²) in [5.41, 5.74) is 3.29. The molecular formula is C21H23N3O3. The number of carbonyl (C=O) groups excluding carboxylic acids is 3. The first kappa shape index (κ1) is 18.6. The van der Waals surface area contributed by atoms with E-state index in [2.05, 4.69) is 10.6 Å². The Balaban J connectivity index is 1.79. The van der Waals surface area contributed by atoms with Gasteiger partial charge in [0.25, 0.3) is 11.8 Å². The van der Waals surface area contributed by atoms with Crippen LogP contribution in [-0.4, -0.2) is 28.3 Å². The number of hydrogen-bond acceptors (Lipinski definition) is 3. The molecule has 27 heavy (non-hydrogen) atoms. The number of hydrogen-bond donors (Lipinski definition) is 2. The Morgan fingerprint density at radius 3 is 2.19 bits per heavy atom. The van der Waals surface area contributed by atoms with Gasteiger partial charge in [0.2, 0.25) is 0 Å². The zero-order valence-electron chi connectivity index (χ0n) is 16.1. The van der Waals surface area contributed by atoms with Gasteiger partial charge in [-0.05, 0) is 64.4 Å². The quantitative estimate of drug-likeness (QED) is 0.777. The molecular weight excluding hydrogens is 342 g/mol. The third-order valence-electron chi connectivity index (χ3n) is 4.45. The molecule has 0 atom stereocenters. The molecule has 0 radical (unpaired) electrons. The summed E-state index contributed by atoms with van der Waals surface area (Å²) < 4.78 is 0. The lowest BCUT2D eigenvalue weighted by atomic mass is 10.1. The van der Waals surface area contributed by atoms with Crippen molar-refractivity contribution in [1.29, 1.82) is 0 Å². The lowest BCUT2D eigenvalue weighted by Crippen LogP contribution is -2.45. The number of nitrogens with one attached hydrogen (secondary N) is 2. The van der Waals surface area contributed by atoms with Crippen molar-refractivity contribution in [3.8, 4) is 0 Å². The van der Waals surface area contributed by atoms with Gasteiger partial charge in [-0.25, -0.2) is 4.79 Å². The van der Waals surface area contributed by atoms with Gasteiger partial charge in [-0.15, -0.1) is 0 Å². The first-order chi connectivity index (χ1) is 12.6. The van der Waals surface area contributed by atoms with Crippen molar-refractivity contribution in [3.05, 3.63) is 58.7 Å². The van der Waals surface area contributed by atoms with Crippen molar-refractivity contribution in [3.63, 3.8) is 0 Å². The smallest absolute Gasteiger partial charge is 0.308 e. The average molecular weight is 365 g/mol. The summed E-state index contributed by atoms with van der Waals surface area (Å²) in [7, 11) is 0. The van der Waals surface area contributed by atoms with Crippen molar-refractivity contribution in [2.45, 2.75) is 40.2 Å². The summed E-state index contributed by atoms with van der Waals surface area (Å²) in [4.78, 5) is 38.7. The third kappa shape index (κ3) is 3.56. The van der Waals surface area contributed by atoms with E-state index in [1.807, 2.05) is 52.8 Å². The van der Waals surface area contributed by atoms with Gasteiger partial charge in [-0.1, -0.05) is 17.7 Å². The third-order valence-corrected chi connectivity index (χ3v) is 4.45. The predicted molar refractivity (Wildman–Crippen MR) is 105 cm³/mol. The molecule has 0 spiro atoms. The molecule has 0 bridgehead atoms.